The number of aliphatic hydroxyl groups excluding tert-OH is 2. The Labute approximate surface area is 110 Å². The highest BCUT2D eigenvalue weighted by molar-refractivity contribution is 7.82. The average Bonchev–Trinajstić information content (AvgIpc) is 2.27. The fourth-order valence-electron chi connectivity index (χ4n) is 1.53. The SMILES string of the molecule is CC(O)CN(CC(C)O)S(=O)c1ccc(N)cc1. The minimum Gasteiger partial charge on any atom is -0.399 e. The zero-order valence-corrected chi connectivity index (χ0v) is 11.4. The number of anilines is 1. The Balaban J connectivity index is 2.83. The first-order valence-electron chi connectivity index (χ1n) is 5.78. The Hall–Kier alpha value is -0.950. The third-order valence-electron chi connectivity index (χ3n) is 2.25. The molecule has 0 spiro atoms. The molecule has 3 atom stereocenters. The Morgan fingerprint density at radius 2 is 1.61 bits per heavy atom. The normalized spacial score (nSPS) is 16.5. The van der Waals surface area contributed by atoms with Gasteiger partial charge in [-0.1, -0.05) is 0 Å². The lowest BCUT2D eigenvalue weighted by atomic mass is 10.3. The van der Waals surface area contributed by atoms with Crippen LogP contribution in [0.4, 0.5) is 5.69 Å². The molecule has 102 valence electrons. The van der Waals surface area contributed by atoms with E-state index in [1.807, 2.05) is 0 Å². The third kappa shape index (κ3) is 4.73. The lowest BCUT2D eigenvalue weighted by Gasteiger charge is -2.23. The summed E-state index contributed by atoms with van der Waals surface area (Å²) >= 11 is 0. The molecule has 0 saturated carbocycles. The minimum absolute atomic E-state index is 0.238. The van der Waals surface area contributed by atoms with Crippen LogP contribution in [0.15, 0.2) is 29.2 Å². The summed E-state index contributed by atoms with van der Waals surface area (Å²) in [6.07, 6.45) is -1.22. The van der Waals surface area contributed by atoms with Gasteiger partial charge in [-0.3, -0.25) is 0 Å². The number of benzene rings is 1. The molecule has 0 aliphatic carbocycles. The van der Waals surface area contributed by atoms with Crippen molar-refractivity contribution < 1.29 is 14.4 Å². The summed E-state index contributed by atoms with van der Waals surface area (Å²) in [5.74, 6) is 0. The molecule has 0 saturated heterocycles. The number of aliphatic hydroxyl groups is 2. The predicted molar refractivity (Wildman–Crippen MR) is 72.2 cm³/mol. The number of nitrogens with zero attached hydrogens (tertiary/aromatic N) is 1. The van der Waals surface area contributed by atoms with Crippen LogP contribution in [-0.2, 0) is 11.0 Å². The topological polar surface area (TPSA) is 86.8 Å². The van der Waals surface area contributed by atoms with Crippen LogP contribution in [0.3, 0.4) is 0 Å². The highest BCUT2D eigenvalue weighted by atomic mass is 32.2. The van der Waals surface area contributed by atoms with Crippen molar-refractivity contribution in [1.82, 2.24) is 4.31 Å². The van der Waals surface area contributed by atoms with E-state index in [1.54, 1.807) is 42.4 Å². The number of nitrogen functional groups attached to an aromatic ring is 1. The van der Waals surface area contributed by atoms with Crippen molar-refractivity contribution in [2.75, 3.05) is 18.8 Å². The molecular formula is C12H20N2O3S. The Morgan fingerprint density at radius 3 is 2.00 bits per heavy atom. The summed E-state index contributed by atoms with van der Waals surface area (Å²) in [6.45, 7) is 3.72. The van der Waals surface area contributed by atoms with Crippen LogP contribution in [0.25, 0.3) is 0 Å². The van der Waals surface area contributed by atoms with Gasteiger partial charge in [-0.2, -0.15) is 0 Å². The fraction of sp³-hybridized carbons (Fsp3) is 0.500. The molecule has 0 aromatic heterocycles. The van der Waals surface area contributed by atoms with Crippen molar-refractivity contribution in [2.45, 2.75) is 31.0 Å². The summed E-state index contributed by atoms with van der Waals surface area (Å²) < 4.78 is 13.8. The molecule has 6 heteroatoms. The van der Waals surface area contributed by atoms with E-state index in [9.17, 15) is 14.4 Å². The standard InChI is InChI=1S/C12H20N2O3S/c1-9(15)7-14(8-10(2)16)18(17)12-5-3-11(13)4-6-12/h3-6,9-10,15-16H,7-8,13H2,1-2H3. The van der Waals surface area contributed by atoms with E-state index in [0.717, 1.165) is 0 Å². The molecule has 5 nitrogen and oxygen atoms in total. The lowest BCUT2D eigenvalue weighted by Crippen LogP contribution is -2.37. The van der Waals surface area contributed by atoms with Crippen molar-refractivity contribution in [3.63, 3.8) is 0 Å². The molecule has 3 unspecified atom stereocenters. The first-order chi connectivity index (χ1) is 8.40. The summed E-state index contributed by atoms with van der Waals surface area (Å²) in [5, 5.41) is 18.8. The van der Waals surface area contributed by atoms with Gasteiger partial charge in [-0.15, -0.1) is 0 Å². The predicted octanol–water partition coefficient (Wildman–Crippen LogP) is 0.355. The van der Waals surface area contributed by atoms with Gasteiger partial charge < -0.3 is 15.9 Å². The fourth-order valence-corrected chi connectivity index (χ4v) is 2.90. The third-order valence-corrected chi connectivity index (χ3v) is 3.69. The quantitative estimate of drug-likeness (QED) is 0.652. The van der Waals surface area contributed by atoms with Crippen LogP contribution >= 0.6 is 0 Å². The second kappa shape index (κ2) is 6.84. The van der Waals surface area contributed by atoms with E-state index in [0.29, 0.717) is 10.6 Å². The summed E-state index contributed by atoms with van der Waals surface area (Å²) in [7, 11) is -1.41. The molecule has 0 amide bonds. The molecule has 1 aromatic carbocycles. The second-order valence-electron chi connectivity index (χ2n) is 4.36. The number of rotatable bonds is 6. The van der Waals surface area contributed by atoms with Gasteiger partial charge >= 0.3 is 0 Å². The van der Waals surface area contributed by atoms with Gasteiger partial charge in [0.25, 0.3) is 0 Å². The lowest BCUT2D eigenvalue weighted by molar-refractivity contribution is 0.127. The maximum absolute atomic E-state index is 12.3. The van der Waals surface area contributed by atoms with Crippen molar-refractivity contribution in [2.24, 2.45) is 0 Å². The van der Waals surface area contributed by atoms with Crippen LogP contribution < -0.4 is 5.73 Å². The van der Waals surface area contributed by atoms with Crippen LogP contribution in [0.2, 0.25) is 0 Å². The van der Waals surface area contributed by atoms with Gasteiger partial charge in [0.2, 0.25) is 0 Å². The van der Waals surface area contributed by atoms with Crippen LogP contribution in [0.1, 0.15) is 13.8 Å². The molecule has 4 N–H and O–H groups in total. The average molecular weight is 272 g/mol. The van der Waals surface area contributed by atoms with Crippen LogP contribution in [0.5, 0.6) is 0 Å². The van der Waals surface area contributed by atoms with E-state index < -0.39 is 23.2 Å². The van der Waals surface area contributed by atoms with Gasteiger partial charge in [0.1, 0.15) is 11.0 Å². The molecular weight excluding hydrogens is 252 g/mol. The monoisotopic (exact) mass is 272 g/mol. The van der Waals surface area contributed by atoms with Crippen molar-refractivity contribution in [1.29, 1.82) is 0 Å². The molecule has 0 bridgehead atoms. The van der Waals surface area contributed by atoms with Crippen LogP contribution in [-0.4, -0.2) is 44.0 Å². The maximum Gasteiger partial charge on any atom is 0.127 e. The number of hydrogen-bond acceptors (Lipinski definition) is 4. The van der Waals surface area contributed by atoms with Gasteiger partial charge in [0.15, 0.2) is 0 Å². The first kappa shape index (κ1) is 15.1. The van der Waals surface area contributed by atoms with Gasteiger partial charge in [0.05, 0.1) is 17.1 Å². The molecule has 18 heavy (non-hydrogen) atoms. The summed E-state index contributed by atoms with van der Waals surface area (Å²) in [4.78, 5) is 0.602. The number of hydrogen-bond donors (Lipinski definition) is 3. The molecule has 0 aliphatic heterocycles. The molecule has 0 aliphatic rings. The van der Waals surface area contributed by atoms with Gasteiger partial charge in [-0.25, -0.2) is 8.51 Å². The summed E-state index contributed by atoms with van der Waals surface area (Å²) in [5.41, 5.74) is 6.18. The zero-order valence-electron chi connectivity index (χ0n) is 10.6. The Bertz CT molecular complexity index is 383. The Morgan fingerprint density at radius 1 is 1.17 bits per heavy atom. The van der Waals surface area contributed by atoms with Gasteiger partial charge in [-0.05, 0) is 38.1 Å². The zero-order chi connectivity index (χ0) is 13.7. The molecule has 0 heterocycles. The van der Waals surface area contributed by atoms with Crippen LogP contribution in [0, 0.1) is 0 Å². The summed E-state index contributed by atoms with van der Waals surface area (Å²) in [6, 6.07) is 6.72. The molecule has 1 aromatic rings. The second-order valence-corrected chi connectivity index (χ2v) is 5.85. The first-order valence-corrected chi connectivity index (χ1v) is 6.89. The van der Waals surface area contributed by atoms with Gasteiger partial charge in [0, 0.05) is 18.8 Å². The van der Waals surface area contributed by atoms with Crippen molar-refractivity contribution >= 4 is 16.7 Å². The largest absolute Gasteiger partial charge is 0.399 e. The van der Waals surface area contributed by atoms with E-state index in [1.165, 1.54) is 0 Å². The number of nitrogens with two attached hydrogens (primary N) is 1. The van der Waals surface area contributed by atoms with E-state index >= 15 is 0 Å². The highest BCUT2D eigenvalue weighted by Gasteiger charge is 2.18. The molecule has 0 fully saturated rings. The molecule has 1 rings (SSSR count). The van der Waals surface area contributed by atoms with Crippen molar-refractivity contribution in [3.05, 3.63) is 24.3 Å². The Kier molecular flexibility index (Phi) is 5.74. The van der Waals surface area contributed by atoms with Crippen molar-refractivity contribution in [3.8, 4) is 0 Å². The smallest absolute Gasteiger partial charge is 0.127 e. The minimum atomic E-state index is -1.41. The molecule has 0 radical (unpaired) electrons. The highest BCUT2D eigenvalue weighted by Crippen LogP contribution is 2.14. The maximum atomic E-state index is 12.3. The van der Waals surface area contributed by atoms with E-state index in [2.05, 4.69) is 0 Å². The van der Waals surface area contributed by atoms with E-state index in [4.69, 9.17) is 5.73 Å². The van der Waals surface area contributed by atoms with E-state index in [-0.39, 0.29) is 13.1 Å².